The quantitative estimate of drug-likeness (QED) is 0.654. The second-order valence-electron chi connectivity index (χ2n) is 4.12. The van der Waals surface area contributed by atoms with Gasteiger partial charge in [-0.05, 0) is 39.9 Å². The van der Waals surface area contributed by atoms with Crippen LogP contribution in [0.25, 0.3) is 0 Å². The lowest BCUT2D eigenvalue weighted by Crippen LogP contribution is -2.18. The van der Waals surface area contributed by atoms with Crippen molar-refractivity contribution in [3.05, 3.63) is 0 Å². The normalized spacial score (nSPS) is 13.1. The molecule has 0 fully saturated rings. The van der Waals surface area contributed by atoms with Crippen molar-refractivity contribution >= 4 is 5.97 Å². The summed E-state index contributed by atoms with van der Waals surface area (Å²) < 4.78 is 0. The van der Waals surface area contributed by atoms with E-state index in [0.717, 1.165) is 38.6 Å². The highest BCUT2D eigenvalue weighted by molar-refractivity contribution is 5.69. The maximum Gasteiger partial charge on any atom is 0.306 e. The van der Waals surface area contributed by atoms with E-state index in [9.17, 15) is 4.79 Å². The molecule has 0 spiro atoms. The van der Waals surface area contributed by atoms with Crippen LogP contribution < -0.4 is 0 Å². The van der Waals surface area contributed by atoms with Gasteiger partial charge in [-0.3, -0.25) is 4.79 Å². The van der Waals surface area contributed by atoms with Crippen molar-refractivity contribution in [3.63, 3.8) is 0 Å². The van der Waals surface area contributed by atoms with Crippen LogP contribution in [0.1, 0.15) is 39.0 Å². The van der Waals surface area contributed by atoms with Crippen molar-refractivity contribution in [1.29, 1.82) is 0 Å². The standard InChI is InChI=1S/C11H23NO2/c1-4-5-7-10(11(13)14)8-6-9-12(2)3/h10H,4-9H2,1-3H3,(H,13,14). The second kappa shape index (κ2) is 7.80. The number of rotatable bonds is 8. The van der Waals surface area contributed by atoms with Gasteiger partial charge in [-0.2, -0.15) is 0 Å². The SMILES string of the molecule is CCCCC(CCCN(C)C)C(=O)O. The highest BCUT2D eigenvalue weighted by atomic mass is 16.4. The maximum atomic E-state index is 10.9. The van der Waals surface area contributed by atoms with Crippen molar-refractivity contribution in [2.24, 2.45) is 5.92 Å². The molecule has 0 aromatic heterocycles. The number of hydrogen-bond donors (Lipinski definition) is 1. The largest absolute Gasteiger partial charge is 0.481 e. The summed E-state index contributed by atoms with van der Waals surface area (Å²) in [5.74, 6) is -0.757. The summed E-state index contributed by atoms with van der Waals surface area (Å²) in [7, 11) is 4.03. The number of nitrogens with zero attached hydrogens (tertiary/aromatic N) is 1. The van der Waals surface area contributed by atoms with Gasteiger partial charge in [0, 0.05) is 0 Å². The van der Waals surface area contributed by atoms with Crippen LogP contribution in [-0.4, -0.2) is 36.6 Å². The lowest BCUT2D eigenvalue weighted by molar-refractivity contribution is -0.142. The van der Waals surface area contributed by atoms with Gasteiger partial charge in [0.05, 0.1) is 5.92 Å². The fourth-order valence-electron chi connectivity index (χ4n) is 1.50. The first-order valence-corrected chi connectivity index (χ1v) is 5.45. The smallest absolute Gasteiger partial charge is 0.306 e. The Hall–Kier alpha value is -0.570. The van der Waals surface area contributed by atoms with Gasteiger partial charge >= 0.3 is 5.97 Å². The Balaban J connectivity index is 3.68. The zero-order valence-corrected chi connectivity index (χ0v) is 9.62. The molecule has 1 N–H and O–H groups in total. The molecule has 3 nitrogen and oxygen atoms in total. The molecule has 1 atom stereocenters. The first kappa shape index (κ1) is 13.4. The Morgan fingerprint density at radius 1 is 1.29 bits per heavy atom. The summed E-state index contributed by atoms with van der Waals surface area (Å²) in [6, 6.07) is 0. The molecule has 0 saturated heterocycles. The molecule has 0 aromatic carbocycles. The van der Waals surface area contributed by atoms with Crippen molar-refractivity contribution in [3.8, 4) is 0 Å². The minimum atomic E-state index is -0.628. The molecule has 0 aliphatic carbocycles. The van der Waals surface area contributed by atoms with E-state index in [4.69, 9.17) is 5.11 Å². The number of carboxylic acid groups (broad SMARTS) is 1. The lowest BCUT2D eigenvalue weighted by atomic mass is 9.97. The van der Waals surface area contributed by atoms with Gasteiger partial charge in [0.2, 0.25) is 0 Å². The molecule has 3 heteroatoms. The Morgan fingerprint density at radius 3 is 2.29 bits per heavy atom. The van der Waals surface area contributed by atoms with Crippen LogP contribution in [0.15, 0.2) is 0 Å². The fraction of sp³-hybridized carbons (Fsp3) is 0.909. The van der Waals surface area contributed by atoms with E-state index in [-0.39, 0.29) is 5.92 Å². The molecule has 0 bridgehead atoms. The molecular formula is C11H23NO2. The van der Waals surface area contributed by atoms with Gasteiger partial charge in [0.25, 0.3) is 0 Å². The second-order valence-corrected chi connectivity index (χ2v) is 4.12. The van der Waals surface area contributed by atoms with Gasteiger partial charge in [-0.25, -0.2) is 0 Å². The average molecular weight is 201 g/mol. The monoisotopic (exact) mass is 201 g/mol. The minimum Gasteiger partial charge on any atom is -0.481 e. The number of carbonyl (C=O) groups is 1. The van der Waals surface area contributed by atoms with Crippen LogP contribution in [0.2, 0.25) is 0 Å². The molecule has 14 heavy (non-hydrogen) atoms. The lowest BCUT2D eigenvalue weighted by Gasteiger charge is -2.13. The third-order valence-corrected chi connectivity index (χ3v) is 2.41. The molecule has 0 heterocycles. The topological polar surface area (TPSA) is 40.5 Å². The summed E-state index contributed by atoms with van der Waals surface area (Å²) >= 11 is 0. The van der Waals surface area contributed by atoms with Crippen LogP contribution in [0.5, 0.6) is 0 Å². The van der Waals surface area contributed by atoms with E-state index in [1.54, 1.807) is 0 Å². The number of aliphatic carboxylic acids is 1. The summed E-state index contributed by atoms with van der Waals surface area (Å²) in [5, 5.41) is 8.95. The molecule has 0 amide bonds. The van der Waals surface area contributed by atoms with Crippen LogP contribution >= 0.6 is 0 Å². The van der Waals surface area contributed by atoms with Crippen LogP contribution in [-0.2, 0) is 4.79 Å². The van der Waals surface area contributed by atoms with Crippen LogP contribution in [0, 0.1) is 5.92 Å². The number of hydrogen-bond acceptors (Lipinski definition) is 2. The average Bonchev–Trinajstić information content (AvgIpc) is 2.09. The first-order chi connectivity index (χ1) is 6.57. The predicted octanol–water partition coefficient (Wildman–Crippen LogP) is 2.22. The third-order valence-electron chi connectivity index (χ3n) is 2.41. The van der Waals surface area contributed by atoms with E-state index in [1.165, 1.54) is 0 Å². The molecule has 1 unspecified atom stereocenters. The summed E-state index contributed by atoms with van der Waals surface area (Å²) in [5.41, 5.74) is 0. The zero-order valence-electron chi connectivity index (χ0n) is 9.62. The Labute approximate surface area is 87.1 Å². The Kier molecular flexibility index (Phi) is 7.48. The van der Waals surface area contributed by atoms with Gasteiger partial charge in [-0.1, -0.05) is 19.8 Å². The van der Waals surface area contributed by atoms with E-state index < -0.39 is 5.97 Å². The van der Waals surface area contributed by atoms with E-state index >= 15 is 0 Å². The predicted molar refractivity (Wildman–Crippen MR) is 58.4 cm³/mol. The Bertz CT molecular complexity index is 157. The van der Waals surface area contributed by atoms with Gasteiger partial charge in [-0.15, -0.1) is 0 Å². The van der Waals surface area contributed by atoms with Gasteiger partial charge in [0.15, 0.2) is 0 Å². The molecule has 84 valence electrons. The highest BCUT2D eigenvalue weighted by Crippen LogP contribution is 2.15. The number of unbranched alkanes of at least 4 members (excludes halogenated alkanes) is 1. The molecule has 0 aliphatic rings. The minimum absolute atomic E-state index is 0.130. The van der Waals surface area contributed by atoms with E-state index in [0.29, 0.717) is 0 Å². The fourth-order valence-corrected chi connectivity index (χ4v) is 1.50. The molecule has 0 rings (SSSR count). The molecular weight excluding hydrogens is 178 g/mol. The van der Waals surface area contributed by atoms with Crippen molar-refractivity contribution in [2.75, 3.05) is 20.6 Å². The molecule has 0 aromatic rings. The van der Waals surface area contributed by atoms with E-state index in [2.05, 4.69) is 11.8 Å². The van der Waals surface area contributed by atoms with Crippen molar-refractivity contribution in [1.82, 2.24) is 4.90 Å². The molecule has 0 aliphatic heterocycles. The maximum absolute atomic E-state index is 10.9. The van der Waals surface area contributed by atoms with Gasteiger partial charge in [0.1, 0.15) is 0 Å². The van der Waals surface area contributed by atoms with E-state index in [1.807, 2.05) is 14.1 Å². The highest BCUT2D eigenvalue weighted by Gasteiger charge is 2.15. The summed E-state index contributed by atoms with van der Waals surface area (Å²) in [6.45, 7) is 3.08. The molecule has 0 saturated carbocycles. The number of carboxylic acids is 1. The van der Waals surface area contributed by atoms with Gasteiger partial charge < -0.3 is 10.0 Å². The Morgan fingerprint density at radius 2 is 1.86 bits per heavy atom. The summed E-state index contributed by atoms with van der Waals surface area (Å²) in [4.78, 5) is 13.0. The van der Waals surface area contributed by atoms with Crippen LogP contribution in [0.4, 0.5) is 0 Å². The zero-order chi connectivity index (χ0) is 11.0. The third kappa shape index (κ3) is 6.89. The summed E-state index contributed by atoms with van der Waals surface area (Å²) in [6.07, 6.45) is 4.73. The first-order valence-electron chi connectivity index (χ1n) is 5.45. The van der Waals surface area contributed by atoms with Crippen molar-refractivity contribution in [2.45, 2.75) is 39.0 Å². The molecule has 0 radical (unpaired) electrons. The van der Waals surface area contributed by atoms with Crippen LogP contribution in [0.3, 0.4) is 0 Å². The van der Waals surface area contributed by atoms with Crippen molar-refractivity contribution < 1.29 is 9.90 Å².